The van der Waals surface area contributed by atoms with E-state index in [1.807, 2.05) is 13.1 Å². The Hall–Kier alpha value is -1.99. The van der Waals surface area contributed by atoms with Gasteiger partial charge in [-0.25, -0.2) is 4.79 Å². The summed E-state index contributed by atoms with van der Waals surface area (Å²) in [7, 11) is 1.81. The zero-order valence-electron chi connectivity index (χ0n) is 13.2. The van der Waals surface area contributed by atoms with Gasteiger partial charge in [-0.05, 0) is 37.3 Å². The molecule has 2 fully saturated rings. The summed E-state index contributed by atoms with van der Waals surface area (Å²) >= 11 is 0. The van der Waals surface area contributed by atoms with Crippen molar-refractivity contribution in [3.63, 3.8) is 0 Å². The van der Waals surface area contributed by atoms with Crippen LogP contribution in [-0.2, 0) is 0 Å². The number of anilines is 1. The van der Waals surface area contributed by atoms with Gasteiger partial charge in [-0.1, -0.05) is 0 Å². The van der Waals surface area contributed by atoms with Crippen LogP contribution >= 0.6 is 0 Å². The fraction of sp³-hybridized carbons (Fsp3) is 0.562. The number of rotatable bonds is 4. The third kappa shape index (κ3) is 3.20. The summed E-state index contributed by atoms with van der Waals surface area (Å²) in [5.41, 5.74) is 7.36. The molecule has 124 valence electrons. The summed E-state index contributed by atoms with van der Waals surface area (Å²) in [6.07, 6.45) is 3.73. The molecule has 2 amide bonds. The Morgan fingerprint density at radius 2 is 2.13 bits per heavy atom. The summed E-state index contributed by atoms with van der Waals surface area (Å²) in [6, 6.07) is 6.14. The lowest BCUT2D eigenvalue weighted by Gasteiger charge is -2.21. The van der Waals surface area contributed by atoms with Crippen molar-refractivity contribution in [1.82, 2.24) is 15.8 Å². The Bertz CT molecular complexity index is 605. The Labute approximate surface area is 135 Å². The maximum Gasteiger partial charge on any atom is 0.321 e. The fourth-order valence-electron chi connectivity index (χ4n) is 3.19. The molecule has 4 rings (SSSR count). The Kier molecular flexibility index (Phi) is 3.74. The van der Waals surface area contributed by atoms with Crippen molar-refractivity contribution >= 4 is 11.7 Å². The average Bonchev–Trinajstić information content (AvgIpc) is 3.11. The SMILES string of the molecule is CN(CC1CC(C2CC2)NN1)C(=O)Nc1ccc2c(c1)OCO2. The van der Waals surface area contributed by atoms with Crippen LogP contribution in [0.3, 0.4) is 0 Å². The predicted molar refractivity (Wildman–Crippen MR) is 85.4 cm³/mol. The molecule has 1 aromatic rings. The van der Waals surface area contributed by atoms with E-state index < -0.39 is 0 Å². The number of benzene rings is 1. The molecule has 1 saturated carbocycles. The van der Waals surface area contributed by atoms with Crippen molar-refractivity contribution < 1.29 is 14.3 Å². The van der Waals surface area contributed by atoms with E-state index in [2.05, 4.69) is 16.2 Å². The van der Waals surface area contributed by atoms with E-state index in [9.17, 15) is 4.79 Å². The first kappa shape index (κ1) is 14.6. The highest BCUT2D eigenvalue weighted by Gasteiger charge is 2.36. The second-order valence-corrected chi connectivity index (χ2v) is 6.54. The molecule has 1 aliphatic carbocycles. The molecule has 2 atom stereocenters. The van der Waals surface area contributed by atoms with Gasteiger partial charge in [0.2, 0.25) is 6.79 Å². The van der Waals surface area contributed by atoms with Crippen molar-refractivity contribution in [1.29, 1.82) is 0 Å². The van der Waals surface area contributed by atoms with Gasteiger partial charge in [0.05, 0.1) is 0 Å². The predicted octanol–water partition coefficient (Wildman–Crippen LogP) is 1.52. The van der Waals surface area contributed by atoms with Crippen LogP contribution in [0.2, 0.25) is 0 Å². The summed E-state index contributed by atoms with van der Waals surface area (Å²) in [5.74, 6) is 2.20. The van der Waals surface area contributed by atoms with Gasteiger partial charge in [0.15, 0.2) is 11.5 Å². The van der Waals surface area contributed by atoms with Crippen molar-refractivity contribution in [2.24, 2.45) is 5.92 Å². The van der Waals surface area contributed by atoms with Crippen molar-refractivity contribution in [2.45, 2.75) is 31.3 Å². The lowest BCUT2D eigenvalue weighted by molar-refractivity contribution is 0.174. The molecule has 1 saturated heterocycles. The van der Waals surface area contributed by atoms with Gasteiger partial charge in [-0.15, -0.1) is 0 Å². The van der Waals surface area contributed by atoms with E-state index in [4.69, 9.17) is 9.47 Å². The normalized spacial score (nSPS) is 25.4. The molecule has 7 nitrogen and oxygen atoms in total. The average molecular weight is 318 g/mol. The highest BCUT2D eigenvalue weighted by molar-refractivity contribution is 5.89. The lowest BCUT2D eigenvalue weighted by atomic mass is 10.1. The number of carbonyl (C=O) groups is 1. The first-order valence-electron chi connectivity index (χ1n) is 8.12. The molecule has 7 heteroatoms. The van der Waals surface area contributed by atoms with Gasteiger partial charge in [-0.2, -0.15) is 0 Å². The van der Waals surface area contributed by atoms with E-state index in [1.165, 1.54) is 12.8 Å². The van der Waals surface area contributed by atoms with Gasteiger partial charge >= 0.3 is 6.03 Å². The fourth-order valence-corrected chi connectivity index (χ4v) is 3.19. The second kappa shape index (κ2) is 5.90. The maximum atomic E-state index is 12.3. The zero-order chi connectivity index (χ0) is 15.8. The van der Waals surface area contributed by atoms with Crippen molar-refractivity contribution in [3.05, 3.63) is 18.2 Å². The number of fused-ring (bicyclic) bond motifs is 1. The molecule has 0 radical (unpaired) electrons. The molecule has 0 aromatic heterocycles. The first-order valence-corrected chi connectivity index (χ1v) is 8.12. The number of likely N-dealkylation sites (N-methyl/N-ethyl adjacent to an activating group) is 1. The smallest absolute Gasteiger partial charge is 0.321 e. The topological polar surface area (TPSA) is 74.9 Å². The van der Waals surface area contributed by atoms with Crippen LogP contribution in [0.4, 0.5) is 10.5 Å². The molecule has 2 aliphatic heterocycles. The third-order valence-corrected chi connectivity index (χ3v) is 4.67. The number of nitrogens with one attached hydrogen (secondary N) is 3. The van der Waals surface area contributed by atoms with Crippen molar-refractivity contribution in [2.75, 3.05) is 25.7 Å². The number of urea groups is 1. The monoisotopic (exact) mass is 318 g/mol. The number of nitrogens with zero attached hydrogens (tertiary/aromatic N) is 1. The van der Waals surface area contributed by atoms with Crippen LogP contribution in [0.1, 0.15) is 19.3 Å². The minimum absolute atomic E-state index is 0.125. The molecule has 2 heterocycles. The van der Waals surface area contributed by atoms with E-state index in [1.54, 1.807) is 17.0 Å². The Balaban J connectivity index is 1.30. The molecule has 23 heavy (non-hydrogen) atoms. The van der Waals surface area contributed by atoms with Gasteiger partial charge in [0.1, 0.15) is 0 Å². The van der Waals surface area contributed by atoms with E-state index in [-0.39, 0.29) is 12.8 Å². The minimum atomic E-state index is -0.125. The van der Waals surface area contributed by atoms with Crippen LogP contribution in [0, 0.1) is 5.92 Å². The number of hydrazine groups is 1. The number of ether oxygens (including phenoxy) is 2. The largest absolute Gasteiger partial charge is 0.454 e. The van der Waals surface area contributed by atoms with Crippen molar-refractivity contribution in [3.8, 4) is 11.5 Å². The number of amides is 2. The molecule has 0 bridgehead atoms. The second-order valence-electron chi connectivity index (χ2n) is 6.54. The standard InChI is InChI=1S/C16H22N4O3/c1-20(8-12-6-13(19-18-12)10-2-3-10)16(21)17-11-4-5-14-15(7-11)23-9-22-14/h4-5,7,10,12-13,18-19H,2-3,6,8-9H2,1H3,(H,17,21). The Morgan fingerprint density at radius 1 is 1.30 bits per heavy atom. The molecule has 2 unspecified atom stereocenters. The maximum absolute atomic E-state index is 12.3. The third-order valence-electron chi connectivity index (χ3n) is 4.67. The molecule has 3 N–H and O–H groups in total. The summed E-state index contributed by atoms with van der Waals surface area (Å²) in [6.45, 7) is 0.905. The summed E-state index contributed by atoms with van der Waals surface area (Å²) < 4.78 is 10.6. The number of hydrogen-bond acceptors (Lipinski definition) is 5. The van der Waals surface area contributed by atoms with E-state index >= 15 is 0 Å². The lowest BCUT2D eigenvalue weighted by Crippen LogP contribution is -2.43. The quantitative estimate of drug-likeness (QED) is 0.785. The van der Waals surface area contributed by atoms with E-state index in [0.29, 0.717) is 35.8 Å². The molecule has 1 aromatic carbocycles. The summed E-state index contributed by atoms with van der Waals surface area (Å²) in [5, 5.41) is 2.89. The number of carbonyl (C=O) groups excluding carboxylic acids is 1. The first-order chi connectivity index (χ1) is 11.2. The zero-order valence-corrected chi connectivity index (χ0v) is 13.2. The summed E-state index contributed by atoms with van der Waals surface area (Å²) in [4.78, 5) is 14.0. The van der Waals surface area contributed by atoms with E-state index in [0.717, 1.165) is 12.3 Å². The number of hydrogen-bond donors (Lipinski definition) is 3. The highest BCUT2D eigenvalue weighted by Crippen LogP contribution is 2.36. The van der Waals surface area contributed by atoms with Gasteiger partial charge in [0, 0.05) is 37.4 Å². The van der Waals surface area contributed by atoms with Crippen LogP contribution in [-0.4, -0.2) is 43.4 Å². The molecular weight excluding hydrogens is 296 g/mol. The van der Waals surface area contributed by atoms with Crippen LogP contribution in [0.15, 0.2) is 18.2 Å². The van der Waals surface area contributed by atoms with Gasteiger partial charge in [0.25, 0.3) is 0 Å². The highest BCUT2D eigenvalue weighted by atomic mass is 16.7. The molecular formula is C16H22N4O3. The van der Waals surface area contributed by atoms with Gasteiger partial charge < -0.3 is 19.7 Å². The Morgan fingerprint density at radius 3 is 2.96 bits per heavy atom. The molecule has 0 spiro atoms. The molecule has 3 aliphatic rings. The van der Waals surface area contributed by atoms with Crippen LogP contribution < -0.4 is 25.6 Å². The minimum Gasteiger partial charge on any atom is -0.454 e. The van der Waals surface area contributed by atoms with Gasteiger partial charge in [-0.3, -0.25) is 10.9 Å². The van der Waals surface area contributed by atoms with Crippen LogP contribution in [0.5, 0.6) is 11.5 Å². The van der Waals surface area contributed by atoms with Crippen LogP contribution in [0.25, 0.3) is 0 Å².